The van der Waals surface area contributed by atoms with E-state index in [0.29, 0.717) is 0 Å². The van der Waals surface area contributed by atoms with Crippen molar-refractivity contribution in [3.05, 3.63) is 24.5 Å². The van der Waals surface area contributed by atoms with Crippen molar-refractivity contribution in [2.24, 2.45) is 0 Å². The van der Waals surface area contributed by atoms with Gasteiger partial charge in [0.25, 0.3) is 0 Å². The molecule has 1 atom stereocenters. The van der Waals surface area contributed by atoms with Crippen LogP contribution in [0.25, 0.3) is 0 Å². The third-order valence-electron chi connectivity index (χ3n) is 2.04. The van der Waals surface area contributed by atoms with Crippen molar-refractivity contribution >= 4 is 16.0 Å². The van der Waals surface area contributed by atoms with Gasteiger partial charge in [-0.2, -0.15) is 4.72 Å². The summed E-state index contributed by atoms with van der Waals surface area (Å²) in [6.45, 7) is 6.58. The van der Waals surface area contributed by atoms with E-state index in [1.807, 2.05) is 0 Å². The maximum atomic E-state index is 12.0. The third-order valence-corrected chi connectivity index (χ3v) is 3.56. The van der Waals surface area contributed by atoms with Crippen LogP contribution in [0.2, 0.25) is 0 Å². The molecule has 6 nitrogen and oxygen atoms in total. The molecule has 0 aliphatic carbocycles. The Kier molecular flexibility index (Phi) is 4.65. The van der Waals surface area contributed by atoms with E-state index in [1.54, 1.807) is 20.8 Å². The summed E-state index contributed by atoms with van der Waals surface area (Å²) < 4.78 is 31.3. The smallest absolute Gasteiger partial charge is 0.324 e. The Hall–Kier alpha value is -1.47. The third kappa shape index (κ3) is 4.96. The van der Waals surface area contributed by atoms with E-state index in [2.05, 4.69) is 9.71 Å². The Balaban J connectivity index is 2.77. The lowest BCUT2D eigenvalue weighted by molar-refractivity contribution is -0.156. The van der Waals surface area contributed by atoms with Crippen LogP contribution in [0.15, 0.2) is 29.4 Å². The summed E-state index contributed by atoms with van der Waals surface area (Å²) in [7, 11) is -3.77. The monoisotopic (exact) mass is 286 g/mol. The molecule has 1 aromatic rings. The van der Waals surface area contributed by atoms with E-state index in [0.717, 1.165) is 0 Å². The summed E-state index contributed by atoms with van der Waals surface area (Å²) >= 11 is 0. The number of carbonyl (C=O) groups is 1. The standard InChI is InChI=1S/C12H18N2O4S/c1-9(11(15)18-12(2,3)4)14-19(16,17)10-6-5-7-13-8-10/h5-9,14H,1-4H3/t9-/m1/s1. The lowest BCUT2D eigenvalue weighted by Crippen LogP contribution is -2.42. The van der Waals surface area contributed by atoms with E-state index < -0.39 is 27.6 Å². The van der Waals surface area contributed by atoms with Gasteiger partial charge in [0.15, 0.2) is 0 Å². The number of nitrogens with zero attached hydrogens (tertiary/aromatic N) is 1. The number of ether oxygens (including phenoxy) is 1. The highest BCUT2D eigenvalue weighted by Crippen LogP contribution is 2.10. The first-order chi connectivity index (χ1) is 8.62. The van der Waals surface area contributed by atoms with Crippen LogP contribution in [-0.2, 0) is 19.6 Å². The van der Waals surface area contributed by atoms with E-state index in [9.17, 15) is 13.2 Å². The number of hydrogen-bond acceptors (Lipinski definition) is 5. The maximum absolute atomic E-state index is 12.0. The molecule has 0 fully saturated rings. The first-order valence-electron chi connectivity index (χ1n) is 5.77. The molecule has 0 amide bonds. The van der Waals surface area contributed by atoms with Crippen molar-refractivity contribution in [2.75, 3.05) is 0 Å². The second-order valence-electron chi connectivity index (χ2n) is 5.07. The molecule has 106 valence electrons. The van der Waals surface area contributed by atoms with Crippen LogP contribution < -0.4 is 4.72 Å². The fraction of sp³-hybridized carbons (Fsp3) is 0.500. The van der Waals surface area contributed by atoms with Crippen LogP contribution >= 0.6 is 0 Å². The molecule has 1 heterocycles. The molecule has 1 aromatic heterocycles. The van der Waals surface area contributed by atoms with Crippen molar-refractivity contribution in [3.63, 3.8) is 0 Å². The molecule has 0 aliphatic rings. The van der Waals surface area contributed by atoms with E-state index in [1.165, 1.54) is 31.5 Å². The van der Waals surface area contributed by atoms with Crippen LogP contribution in [-0.4, -0.2) is 31.0 Å². The topological polar surface area (TPSA) is 85.4 Å². The molecule has 1 N–H and O–H groups in total. The summed E-state index contributed by atoms with van der Waals surface area (Å²) in [6.07, 6.45) is 2.68. The number of nitrogens with one attached hydrogen (secondary N) is 1. The van der Waals surface area contributed by atoms with Gasteiger partial charge in [0.05, 0.1) is 0 Å². The van der Waals surface area contributed by atoms with Crippen molar-refractivity contribution in [1.29, 1.82) is 0 Å². The Morgan fingerprint density at radius 2 is 2.05 bits per heavy atom. The molecule has 0 saturated carbocycles. The summed E-state index contributed by atoms with van der Waals surface area (Å²) in [5.41, 5.74) is -0.662. The number of pyridine rings is 1. The molecule has 0 aliphatic heterocycles. The van der Waals surface area contributed by atoms with Gasteiger partial charge in [0, 0.05) is 12.4 Å². The van der Waals surface area contributed by atoms with E-state index in [4.69, 9.17) is 4.74 Å². The SMILES string of the molecule is C[C@@H](NS(=O)(=O)c1cccnc1)C(=O)OC(C)(C)C. The highest BCUT2D eigenvalue weighted by Gasteiger charge is 2.26. The number of carbonyl (C=O) groups excluding carboxylic acids is 1. The lowest BCUT2D eigenvalue weighted by Gasteiger charge is -2.22. The molecule has 0 unspecified atom stereocenters. The average Bonchev–Trinajstić information content (AvgIpc) is 2.27. The molecule has 0 bridgehead atoms. The van der Waals surface area contributed by atoms with Crippen LogP contribution in [0.4, 0.5) is 0 Å². The lowest BCUT2D eigenvalue weighted by atomic mass is 10.2. The van der Waals surface area contributed by atoms with Gasteiger partial charge in [0.1, 0.15) is 16.5 Å². The average molecular weight is 286 g/mol. The molecule has 0 spiro atoms. The highest BCUT2D eigenvalue weighted by molar-refractivity contribution is 7.89. The summed E-state index contributed by atoms with van der Waals surface area (Å²) in [6, 6.07) is 1.94. The molecule has 0 radical (unpaired) electrons. The predicted octanol–water partition coefficient (Wildman–Crippen LogP) is 1.09. The summed E-state index contributed by atoms with van der Waals surface area (Å²) in [5, 5.41) is 0. The van der Waals surface area contributed by atoms with Gasteiger partial charge in [0.2, 0.25) is 10.0 Å². The fourth-order valence-corrected chi connectivity index (χ4v) is 2.40. The maximum Gasteiger partial charge on any atom is 0.324 e. The Morgan fingerprint density at radius 3 is 2.53 bits per heavy atom. The minimum Gasteiger partial charge on any atom is -0.459 e. The zero-order valence-corrected chi connectivity index (χ0v) is 12.2. The van der Waals surface area contributed by atoms with Crippen LogP contribution in [0.5, 0.6) is 0 Å². The summed E-state index contributed by atoms with van der Waals surface area (Å²) in [5.74, 6) is -0.625. The van der Waals surface area contributed by atoms with Crippen LogP contribution in [0.1, 0.15) is 27.7 Å². The number of esters is 1. The molecule has 0 saturated heterocycles. The Morgan fingerprint density at radius 1 is 1.42 bits per heavy atom. The van der Waals surface area contributed by atoms with E-state index in [-0.39, 0.29) is 4.90 Å². The minimum atomic E-state index is -3.77. The first kappa shape index (κ1) is 15.6. The normalized spacial score (nSPS) is 13.9. The first-order valence-corrected chi connectivity index (χ1v) is 7.25. The van der Waals surface area contributed by atoms with Gasteiger partial charge >= 0.3 is 5.97 Å². The summed E-state index contributed by atoms with van der Waals surface area (Å²) in [4.78, 5) is 15.4. The van der Waals surface area contributed by atoms with Gasteiger partial charge in [-0.25, -0.2) is 8.42 Å². The minimum absolute atomic E-state index is 0.00501. The van der Waals surface area contributed by atoms with E-state index >= 15 is 0 Å². The molecule has 19 heavy (non-hydrogen) atoms. The van der Waals surface area contributed by atoms with Crippen LogP contribution in [0, 0.1) is 0 Å². The van der Waals surface area contributed by atoms with Crippen molar-refractivity contribution in [3.8, 4) is 0 Å². The van der Waals surface area contributed by atoms with Crippen molar-refractivity contribution in [2.45, 2.75) is 44.2 Å². The number of hydrogen-bond donors (Lipinski definition) is 1. The van der Waals surface area contributed by atoms with Crippen LogP contribution in [0.3, 0.4) is 0 Å². The second kappa shape index (κ2) is 5.66. The molecular weight excluding hydrogens is 268 g/mol. The van der Waals surface area contributed by atoms with Gasteiger partial charge in [-0.15, -0.1) is 0 Å². The number of sulfonamides is 1. The highest BCUT2D eigenvalue weighted by atomic mass is 32.2. The molecule has 7 heteroatoms. The Labute approximate surface area is 113 Å². The van der Waals surface area contributed by atoms with Gasteiger partial charge in [-0.05, 0) is 39.8 Å². The molecule has 1 rings (SSSR count). The fourth-order valence-electron chi connectivity index (χ4n) is 1.25. The molecular formula is C12H18N2O4S. The quantitative estimate of drug-likeness (QED) is 0.837. The molecule has 0 aromatic carbocycles. The number of rotatable bonds is 4. The number of aromatic nitrogens is 1. The van der Waals surface area contributed by atoms with Gasteiger partial charge in [-0.3, -0.25) is 9.78 Å². The largest absolute Gasteiger partial charge is 0.459 e. The zero-order chi connectivity index (χ0) is 14.7. The van der Waals surface area contributed by atoms with Gasteiger partial charge in [-0.1, -0.05) is 0 Å². The van der Waals surface area contributed by atoms with Crippen molar-refractivity contribution < 1.29 is 17.9 Å². The zero-order valence-electron chi connectivity index (χ0n) is 11.4. The Bertz CT molecular complexity index is 535. The second-order valence-corrected chi connectivity index (χ2v) is 6.78. The van der Waals surface area contributed by atoms with Crippen molar-refractivity contribution in [1.82, 2.24) is 9.71 Å². The van der Waals surface area contributed by atoms with Gasteiger partial charge < -0.3 is 4.74 Å². The predicted molar refractivity (Wildman–Crippen MR) is 69.9 cm³/mol.